The van der Waals surface area contributed by atoms with Gasteiger partial charge in [0.25, 0.3) is 0 Å². The third kappa shape index (κ3) is 6.26. The van der Waals surface area contributed by atoms with Gasteiger partial charge in [0.2, 0.25) is 15.9 Å². The number of nitrogens with zero attached hydrogens (tertiary/aromatic N) is 1. The minimum atomic E-state index is -3.35. The van der Waals surface area contributed by atoms with Crippen LogP contribution in [0.1, 0.15) is 30.4 Å². The highest BCUT2D eigenvalue weighted by molar-refractivity contribution is 14.1. The lowest BCUT2D eigenvalue weighted by molar-refractivity contribution is -0.120. The number of halogens is 1. The van der Waals surface area contributed by atoms with Crippen LogP contribution in [0.15, 0.2) is 48.5 Å². The van der Waals surface area contributed by atoms with E-state index in [0.717, 1.165) is 26.8 Å². The van der Waals surface area contributed by atoms with Gasteiger partial charge in [-0.2, -0.15) is 0 Å². The Morgan fingerprint density at radius 2 is 1.97 bits per heavy atom. The molecule has 29 heavy (non-hydrogen) atoms. The predicted octanol–water partition coefficient (Wildman–Crippen LogP) is 4.21. The first-order valence-corrected chi connectivity index (χ1v) is 12.6. The Morgan fingerprint density at radius 1 is 1.21 bits per heavy atom. The molecule has 0 unspecified atom stereocenters. The lowest BCUT2D eigenvalue weighted by Crippen LogP contribution is -2.44. The Bertz CT molecular complexity index is 948. The van der Waals surface area contributed by atoms with Crippen molar-refractivity contribution >= 4 is 44.2 Å². The van der Waals surface area contributed by atoms with Gasteiger partial charge < -0.3 is 5.32 Å². The lowest BCUT2D eigenvalue weighted by atomic mass is 9.98. The zero-order valence-electron chi connectivity index (χ0n) is 16.6. The van der Waals surface area contributed by atoms with Gasteiger partial charge in [-0.1, -0.05) is 30.3 Å². The molecule has 1 aliphatic rings. The fourth-order valence-electron chi connectivity index (χ4n) is 3.64. The van der Waals surface area contributed by atoms with Crippen LogP contribution < -0.4 is 5.32 Å². The fraction of sp³-hybridized carbons (Fsp3) is 0.409. The topological polar surface area (TPSA) is 66.5 Å². The van der Waals surface area contributed by atoms with Crippen molar-refractivity contribution in [2.45, 2.75) is 32.6 Å². The molecule has 0 aliphatic carbocycles. The Hall–Kier alpha value is -1.45. The second-order valence-corrected chi connectivity index (χ2v) is 10.9. The van der Waals surface area contributed by atoms with Crippen molar-refractivity contribution in [3.63, 3.8) is 0 Å². The van der Waals surface area contributed by atoms with Crippen molar-refractivity contribution in [1.82, 2.24) is 4.31 Å². The average Bonchev–Trinajstić information content (AvgIpc) is 2.71. The Labute approximate surface area is 187 Å². The van der Waals surface area contributed by atoms with Crippen LogP contribution in [-0.4, -0.2) is 37.5 Å². The highest BCUT2D eigenvalue weighted by Gasteiger charge is 2.32. The van der Waals surface area contributed by atoms with E-state index in [0.29, 0.717) is 25.8 Å². The molecule has 2 aromatic rings. The number of amides is 1. The maximum absolute atomic E-state index is 12.8. The molecule has 2 aromatic carbocycles. The minimum Gasteiger partial charge on any atom is -0.326 e. The van der Waals surface area contributed by atoms with Crippen molar-refractivity contribution < 1.29 is 13.2 Å². The summed E-state index contributed by atoms with van der Waals surface area (Å²) in [5.41, 5.74) is 2.94. The number of hydrogen-bond donors (Lipinski definition) is 1. The predicted molar refractivity (Wildman–Crippen MR) is 125 cm³/mol. The number of piperidine rings is 1. The van der Waals surface area contributed by atoms with E-state index in [-0.39, 0.29) is 24.1 Å². The van der Waals surface area contributed by atoms with Crippen LogP contribution in [0.5, 0.6) is 0 Å². The number of rotatable bonds is 7. The number of hydrogen-bond acceptors (Lipinski definition) is 3. The van der Waals surface area contributed by atoms with Crippen LogP contribution in [-0.2, 0) is 21.2 Å². The largest absolute Gasteiger partial charge is 0.326 e. The summed E-state index contributed by atoms with van der Waals surface area (Å²) >= 11 is 2.24. The molecule has 0 aromatic heterocycles. The molecule has 0 bridgehead atoms. The van der Waals surface area contributed by atoms with Gasteiger partial charge in [-0.15, -0.1) is 0 Å². The van der Waals surface area contributed by atoms with Crippen LogP contribution in [0.4, 0.5) is 5.69 Å². The molecule has 3 rings (SSSR count). The summed E-state index contributed by atoms with van der Waals surface area (Å²) in [7, 11) is -3.35. The van der Waals surface area contributed by atoms with E-state index in [2.05, 4.69) is 27.9 Å². The van der Waals surface area contributed by atoms with E-state index in [9.17, 15) is 13.2 Å². The summed E-state index contributed by atoms with van der Waals surface area (Å²) < 4.78 is 28.2. The minimum absolute atomic E-state index is 0.0986. The van der Waals surface area contributed by atoms with Gasteiger partial charge in [-0.05, 0) is 84.5 Å². The summed E-state index contributed by atoms with van der Waals surface area (Å²) in [5.74, 6) is -0.295. The molecule has 5 nitrogen and oxygen atoms in total. The van der Waals surface area contributed by atoms with Gasteiger partial charge in [0.05, 0.1) is 11.7 Å². The van der Waals surface area contributed by atoms with Crippen LogP contribution in [0.25, 0.3) is 0 Å². The number of benzene rings is 2. The molecule has 0 saturated carbocycles. The van der Waals surface area contributed by atoms with Gasteiger partial charge in [-0.25, -0.2) is 12.7 Å². The summed E-state index contributed by atoms with van der Waals surface area (Å²) in [4.78, 5) is 12.7. The van der Waals surface area contributed by atoms with E-state index in [4.69, 9.17) is 0 Å². The normalized spacial score (nSPS) is 17.8. The summed E-state index contributed by atoms with van der Waals surface area (Å²) in [6.07, 6.45) is 2.75. The maximum atomic E-state index is 12.8. The number of aryl methyl sites for hydroxylation is 2. The van der Waals surface area contributed by atoms with Gasteiger partial charge in [0.15, 0.2) is 0 Å². The Morgan fingerprint density at radius 3 is 2.69 bits per heavy atom. The number of carbonyl (C=O) groups excluding carboxylic acids is 1. The molecule has 1 amide bonds. The van der Waals surface area contributed by atoms with E-state index >= 15 is 0 Å². The third-order valence-corrected chi connectivity index (χ3v) is 7.90. The number of sulfonamides is 1. The average molecular weight is 526 g/mol. The molecule has 156 valence electrons. The van der Waals surface area contributed by atoms with E-state index < -0.39 is 10.0 Å². The first kappa shape index (κ1) is 22.2. The summed E-state index contributed by atoms with van der Waals surface area (Å²) in [6, 6.07) is 15.8. The van der Waals surface area contributed by atoms with Crippen LogP contribution in [0.2, 0.25) is 0 Å². The standard InChI is InChI=1S/C22H27IN2O3S/c1-17-15-20(23)11-12-21(17)24-22(26)19-10-5-13-25(16-19)29(27,28)14-6-9-18-7-3-2-4-8-18/h2-4,7-8,11-12,15,19H,5-6,9-10,13-14,16H2,1H3,(H,24,26)/t19-/m1/s1. The molecule has 1 aliphatic heterocycles. The zero-order chi connectivity index (χ0) is 20.9. The maximum Gasteiger partial charge on any atom is 0.228 e. The molecule has 1 N–H and O–H groups in total. The second-order valence-electron chi connectivity index (χ2n) is 7.55. The van der Waals surface area contributed by atoms with Crippen molar-refractivity contribution in [3.8, 4) is 0 Å². The van der Waals surface area contributed by atoms with Gasteiger partial charge in [0, 0.05) is 22.3 Å². The summed E-state index contributed by atoms with van der Waals surface area (Å²) in [5, 5.41) is 2.98. The van der Waals surface area contributed by atoms with Crippen molar-refractivity contribution in [3.05, 3.63) is 63.2 Å². The highest BCUT2D eigenvalue weighted by Crippen LogP contribution is 2.23. The number of carbonyl (C=O) groups is 1. The smallest absolute Gasteiger partial charge is 0.228 e. The quantitative estimate of drug-likeness (QED) is 0.550. The van der Waals surface area contributed by atoms with Gasteiger partial charge in [0.1, 0.15) is 0 Å². The molecule has 1 atom stereocenters. The molecular weight excluding hydrogens is 499 g/mol. The zero-order valence-corrected chi connectivity index (χ0v) is 19.6. The molecule has 1 saturated heterocycles. The van der Waals surface area contributed by atoms with Gasteiger partial charge in [-0.3, -0.25) is 4.79 Å². The van der Waals surface area contributed by atoms with Crippen LogP contribution in [0.3, 0.4) is 0 Å². The van der Waals surface area contributed by atoms with E-state index in [1.54, 1.807) is 0 Å². The molecule has 0 radical (unpaired) electrons. The SMILES string of the molecule is Cc1cc(I)ccc1NC(=O)[C@@H]1CCCN(S(=O)(=O)CCCc2ccccc2)C1. The Balaban J connectivity index is 1.56. The highest BCUT2D eigenvalue weighted by atomic mass is 127. The lowest BCUT2D eigenvalue weighted by Gasteiger charge is -2.31. The van der Waals surface area contributed by atoms with Crippen LogP contribution >= 0.6 is 22.6 Å². The van der Waals surface area contributed by atoms with Crippen molar-refractivity contribution in [1.29, 1.82) is 0 Å². The first-order chi connectivity index (χ1) is 13.8. The monoisotopic (exact) mass is 526 g/mol. The van der Waals surface area contributed by atoms with E-state index in [1.165, 1.54) is 4.31 Å². The summed E-state index contributed by atoms with van der Waals surface area (Å²) in [6.45, 7) is 2.73. The second kappa shape index (κ2) is 10.0. The van der Waals surface area contributed by atoms with Crippen LogP contribution in [0, 0.1) is 16.4 Å². The number of nitrogens with one attached hydrogen (secondary N) is 1. The van der Waals surface area contributed by atoms with E-state index in [1.807, 2.05) is 55.5 Å². The first-order valence-electron chi connectivity index (χ1n) is 9.94. The van der Waals surface area contributed by atoms with Gasteiger partial charge >= 0.3 is 0 Å². The van der Waals surface area contributed by atoms with Crippen molar-refractivity contribution in [2.75, 3.05) is 24.2 Å². The van der Waals surface area contributed by atoms with Crippen molar-refractivity contribution in [2.24, 2.45) is 5.92 Å². The molecular formula is C22H27IN2O3S. The molecule has 0 spiro atoms. The Kier molecular flexibility index (Phi) is 7.70. The third-order valence-electron chi connectivity index (χ3n) is 5.31. The molecule has 1 fully saturated rings. The molecule has 7 heteroatoms. The fourth-order valence-corrected chi connectivity index (χ4v) is 5.87. The number of anilines is 1. The molecule has 1 heterocycles.